The molecule has 2 amide bonds. The minimum Gasteiger partial charge on any atom is -0.311 e. The molecule has 1 N–H and O–H groups in total. The fourth-order valence-corrected chi connectivity index (χ4v) is 4.26. The first kappa shape index (κ1) is 18.6. The Morgan fingerprint density at radius 3 is 2.89 bits per heavy atom. The number of nitriles is 1. The van der Waals surface area contributed by atoms with Gasteiger partial charge >= 0.3 is 0 Å². The number of nitrogens with zero attached hydrogens (tertiary/aromatic N) is 3. The number of carbonyl (C=O) groups is 2. The predicted octanol–water partition coefficient (Wildman–Crippen LogP) is 3.68. The first-order valence-corrected chi connectivity index (χ1v) is 10.0. The third-order valence-electron chi connectivity index (χ3n) is 5.41. The van der Waals surface area contributed by atoms with Crippen molar-refractivity contribution in [2.75, 3.05) is 16.8 Å². The lowest BCUT2D eigenvalue weighted by atomic mass is 9.83. The first-order chi connectivity index (χ1) is 13.5. The van der Waals surface area contributed by atoms with E-state index < -0.39 is 5.41 Å². The van der Waals surface area contributed by atoms with Crippen LogP contribution in [0.4, 0.5) is 11.5 Å². The van der Waals surface area contributed by atoms with Crippen molar-refractivity contribution in [3.63, 3.8) is 0 Å². The number of benzene rings is 1. The zero-order chi connectivity index (χ0) is 19.7. The summed E-state index contributed by atoms with van der Waals surface area (Å²) in [5.41, 5.74) is 0.671. The van der Waals surface area contributed by atoms with Crippen LogP contribution in [0.15, 0.2) is 47.1 Å². The van der Waals surface area contributed by atoms with Crippen LogP contribution in [0.3, 0.4) is 0 Å². The van der Waals surface area contributed by atoms with E-state index in [1.54, 1.807) is 23.2 Å². The Kier molecular flexibility index (Phi) is 4.90. The van der Waals surface area contributed by atoms with E-state index in [-0.39, 0.29) is 24.2 Å². The highest BCUT2D eigenvalue weighted by atomic mass is 79.9. The van der Waals surface area contributed by atoms with Crippen molar-refractivity contribution < 1.29 is 9.59 Å². The molecule has 2 heterocycles. The van der Waals surface area contributed by atoms with Gasteiger partial charge in [-0.25, -0.2) is 4.98 Å². The summed E-state index contributed by atoms with van der Waals surface area (Å²) in [5.74, 6) is 0.266. The molecular formula is C21H19BrN4O2. The van der Waals surface area contributed by atoms with Crippen LogP contribution < -0.4 is 10.2 Å². The number of hydrogen-bond acceptors (Lipinski definition) is 4. The smallest absolute Gasteiger partial charge is 0.247 e. The molecule has 142 valence electrons. The van der Waals surface area contributed by atoms with Gasteiger partial charge in [0.15, 0.2) is 0 Å². The summed E-state index contributed by atoms with van der Waals surface area (Å²) >= 11 is 3.40. The summed E-state index contributed by atoms with van der Waals surface area (Å²) in [5, 5.41) is 12.4. The number of rotatable bonds is 5. The lowest BCUT2D eigenvalue weighted by Gasteiger charge is -2.21. The lowest BCUT2D eigenvalue weighted by molar-refractivity contribution is -0.123. The van der Waals surface area contributed by atoms with Gasteiger partial charge in [0, 0.05) is 29.0 Å². The molecule has 0 bridgehead atoms. The number of aromatic nitrogens is 1. The fraction of sp³-hybridized carbons (Fsp3) is 0.333. The largest absolute Gasteiger partial charge is 0.311 e. The van der Waals surface area contributed by atoms with Gasteiger partial charge in [-0.1, -0.05) is 28.1 Å². The summed E-state index contributed by atoms with van der Waals surface area (Å²) in [6, 6.07) is 13.3. The Labute approximate surface area is 171 Å². The highest BCUT2D eigenvalue weighted by molar-refractivity contribution is 9.10. The normalized spacial score (nSPS) is 21.4. The maximum atomic E-state index is 12.9. The molecule has 1 aromatic heterocycles. The second kappa shape index (κ2) is 7.36. The van der Waals surface area contributed by atoms with E-state index in [9.17, 15) is 14.9 Å². The molecule has 1 aromatic carbocycles. The molecule has 1 saturated heterocycles. The highest BCUT2D eigenvalue weighted by Crippen LogP contribution is 2.51. The molecule has 0 spiro atoms. The van der Waals surface area contributed by atoms with Gasteiger partial charge in [0.1, 0.15) is 11.2 Å². The standard InChI is InChI=1S/C21H19BrN4O2/c22-16-3-1-2-14(10-16)11-19(27)25-18-12-17(6-8-24-18)26-9-7-21(13-23,20(26)28)15-4-5-15/h1-3,6,8,10,12,15H,4-5,7,9,11H2,(H,24,25,27)/t21-/m1/s1. The minimum atomic E-state index is -0.882. The number of pyridine rings is 1. The molecule has 1 aliphatic heterocycles. The predicted molar refractivity (Wildman–Crippen MR) is 108 cm³/mol. The van der Waals surface area contributed by atoms with Gasteiger partial charge in [0.05, 0.1) is 12.5 Å². The Morgan fingerprint density at radius 2 is 2.18 bits per heavy atom. The molecule has 1 aliphatic carbocycles. The van der Waals surface area contributed by atoms with Crippen LogP contribution in [0.2, 0.25) is 0 Å². The van der Waals surface area contributed by atoms with Crippen LogP contribution >= 0.6 is 15.9 Å². The second-order valence-electron chi connectivity index (χ2n) is 7.32. The van der Waals surface area contributed by atoms with E-state index in [0.29, 0.717) is 24.5 Å². The van der Waals surface area contributed by atoms with Gasteiger partial charge in [-0.05, 0) is 48.9 Å². The molecule has 4 rings (SSSR count). The second-order valence-corrected chi connectivity index (χ2v) is 8.23. The monoisotopic (exact) mass is 438 g/mol. The van der Waals surface area contributed by atoms with Gasteiger partial charge < -0.3 is 10.2 Å². The number of amides is 2. The number of nitrogens with one attached hydrogen (secondary N) is 1. The van der Waals surface area contributed by atoms with E-state index >= 15 is 0 Å². The number of halogens is 1. The van der Waals surface area contributed by atoms with Crippen molar-refractivity contribution in [3.8, 4) is 6.07 Å². The van der Waals surface area contributed by atoms with E-state index in [2.05, 4.69) is 32.3 Å². The summed E-state index contributed by atoms with van der Waals surface area (Å²) in [7, 11) is 0. The summed E-state index contributed by atoms with van der Waals surface area (Å²) < 4.78 is 0.919. The van der Waals surface area contributed by atoms with Crippen LogP contribution in [0.5, 0.6) is 0 Å². The maximum Gasteiger partial charge on any atom is 0.247 e. The van der Waals surface area contributed by atoms with Gasteiger partial charge in [-0.3, -0.25) is 9.59 Å². The van der Waals surface area contributed by atoms with Gasteiger partial charge in [-0.2, -0.15) is 5.26 Å². The number of hydrogen-bond donors (Lipinski definition) is 1. The Hall–Kier alpha value is -2.72. The minimum absolute atomic E-state index is 0.130. The molecule has 2 aliphatic rings. The molecular weight excluding hydrogens is 420 g/mol. The molecule has 2 fully saturated rings. The van der Waals surface area contributed by atoms with E-state index in [0.717, 1.165) is 22.9 Å². The first-order valence-electron chi connectivity index (χ1n) is 9.25. The van der Waals surface area contributed by atoms with Crippen molar-refractivity contribution in [3.05, 3.63) is 52.6 Å². The summed E-state index contributed by atoms with van der Waals surface area (Å²) in [4.78, 5) is 31.1. The molecule has 28 heavy (non-hydrogen) atoms. The molecule has 6 nitrogen and oxygen atoms in total. The summed E-state index contributed by atoms with van der Waals surface area (Å²) in [6.45, 7) is 0.512. The van der Waals surface area contributed by atoms with Gasteiger partial charge in [0.2, 0.25) is 11.8 Å². The lowest BCUT2D eigenvalue weighted by Crippen LogP contribution is -2.35. The van der Waals surface area contributed by atoms with Crippen LogP contribution in [0, 0.1) is 22.7 Å². The third kappa shape index (κ3) is 3.52. The van der Waals surface area contributed by atoms with E-state index in [1.807, 2.05) is 24.3 Å². The maximum absolute atomic E-state index is 12.9. The van der Waals surface area contributed by atoms with Crippen molar-refractivity contribution in [2.24, 2.45) is 11.3 Å². The molecule has 0 unspecified atom stereocenters. The zero-order valence-corrected chi connectivity index (χ0v) is 16.8. The molecule has 0 radical (unpaired) electrons. The number of carbonyl (C=O) groups excluding carboxylic acids is 2. The zero-order valence-electron chi connectivity index (χ0n) is 15.2. The van der Waals surface area contributed by atoms with Crippen molar-refractivity contribution in [1.29, 1.82) is 5.26 Å². The average Bonchev–Trinajstić information content (AvgIpc) is 3.46. The van der Waals surface area contributed by atoms with Gasteiger partial charge in [0.25, 0.3) is 0 Å². The van der Waals surface area contributed by atoms with Crippen molar-refractivity contribution >= 4 is 39.2 Å². The van der Waals surface area contributed by atoms with E-state index in [4.69, 9.17) is 0 Å². The number of anilines is 2. The van der Waals surface area contributed by atoms with E-state index in [1.165, 1.54) is 0 Å². The van der Waals surface area contributed by atoms with Crippen molar-refractivity contribution in [1.82, 2.24) is 4.98 Å². The molecule has 1 atom stereocenters. The SMILES string of the molecule is N#C[C@@]1(C2CC2)CCN(c2ccnc(NC(=O)Cc3cccc(Br)c3)c2)C1=O. The molecule has 7 heteroatoms. The third-order valence-corrected chi connectivity index (χ3v) is 5.90. The van der Waals surface area contributed by atoms with Crippen LogP contribution in [-0.2, 0) is 16.0 Å². The highest BCUT2D eigenvalue weighted by Gasteiger charge is 2.56. The average molecular weight is 439 g/mol. The Bertz CT molecular complexity index is 982. The Morgan fingerprint density at radius 1 is 1.36 bits per heavy atom. The topological polar surface area (TPSA) is 86.1 Å². The quantitative estimate of drug-likeness (QED) is 0.770. The molecule has 1 saturated carbocycles. The van der Waals surface area contributed by atoms with Crippen LogP contribution in [-0.4, -0.2) is 23.3 Å². The van der Waals surface area contributed by atoms with Crippen molar-refractivity contribution in [2.45, 2.75) is 25.7 Å². The van der Waals surface area contributed by atoms with Crippen LogP contribution in [0.1, 0.15) is 24.8 Å². The van der Waals surface area contributed by atoms with Gasteiger partial charge in [-0.15, -0.1) is 0 Å². The van der Waals surface area contributed by atoms with Crippen LogP contribution in [0.25, 0.3) is 0 Å². The summed E-state index contributed by atoms with van der Waals surface area (Å²) in [6.07, 6.45) is 4.24. The molecule has 2 aromatic rings. The Balaban J connectivity index is 1.47. The fourth-order valence-electron chi connectivity index (χ4n) is 3.81.